The number of fused-ring (bicyclic) bond motifs is 2. The lowest BCUT2D eigenvalue weighted by atomic mass is 10.2. The smallest absolute Gasteiger partial charge is 0.219 e. The second-order valence-corrected chi connectivity index (χ2v) is 3.32. The fourth-order valence-corrected chi connectivity index (χ4v) is 1.90. The SMILES string of the molecule is Oc1c2c(nc3ccnn13)CCC2. The lowest BCUT2D eigenvalue weighted by Gasteiger charge is -2.03. The molecule has 0 atom stereocenters. The molecule has 0 aliphatic heterocycles. The lowest BCUT2D eigenvalue weighted by Crippen LogP contribution is -1.97. The summed E-state index contributed by atoms with van der Waals surface area (Å²) in [5, 5.41) is 13.8. The number of aromatic nitrogens is 3. The molecule has 13 heavy (non-hydrogen) atoms. The molecule has 1 aliphatic carbocycles. The molecule has 0 amide bonds. The molecule has 0 unspecified atom stereocenters. The lowest BCUT2D eigenvalue weighted by molar-refractivity contribution is 0.429. The Morgan fingerprint density at radius 2 is 2.31 bits per heavy atom. The van der Waals surface area contributed by atoms with Gasteiger partial charge in [-0.25, -0.2) is 4.98 Å². The second-order valence-electron chi connectivity index (χ2n) is 3.32. The molecular weight excluding hydrogens is 166 g/mol. The molecule has 0 fully saturated rings. The number of hydrogen-bond acceptors (Lipinski definition) is 3. The van der Waals surface area contributed by atoms with Gasteiger partial charge in [0, 0.05) is 11.6 Å². The molecule has 4 nitrogen and oxygen atoms in total. The van der Waals surface area contributed by atoms with Crippen molar-refractivity contribution in [1.82, 2.24) is 14.6 Å². The highest BCUT2D eigenvalue weighted by molar-refractivity contribution is 5.46. The zero-order valence-electron chi connectivity index (χ0n) is 7.06. The standard InChI is InChI=1S/C9H9N3O/c13-9-6-2-1-3-7(6)11-8-4-5-10-12(8)9/h4-5,13H,1-3H2. The quantitative estimate of drug-likeness (QED) is 0.647. The van der Waals surface area contributed by atoms with Crippen LogP contribution in [-0.2, 0) is 12.8 Å². The summed E-state index contributed by atoms with van der Waals surface area (Å²) in [6, 6.07) is 1.80. The van der Waals surface area contributed by atoms with E-state index in [1.54, 1.807) is 12.3 Å². The van der Waals surface area contributed by atoms with Crippen molar-refractivity contribution in [3.05, 3.63) is 23.5 Å². The van der Waals surface area contributed by atoms with Crippen LogP contribution < -0.4 is 0 Å². The van der Waals surface area contributed by atoms with Crippen molar-refractivity contribution in [2.75, 3.05) is 0 Å². The second kappa shape index (κ2) is 2.22. The first-order chi connectivity index (χ1) is 6.36. The summed E-state index contributed by atoms with van der Waals surface area (Å²) in [6.07, 6.45) is 4.63. The Morgan fingerprint density at radius 1 is 1.38 bits per heavy atom. The van der Waals surface area contributed by atoms with E-state index in [4.69, 9.17) is 0 Å². The van der Waals surface area contributed by atoms with Crippen LogP contribution in [0.15, 0.2) is 12.3 Å². The van der Waals surface area contributed by atoms with Gasteiger partial charge in [-0.2, -0.15) is 9.61 Å². The monoisotopic (exact) mass is 175 g/mol. The van der Waals surface area contributed by atoms with E-state index in [-0.39, 0.29) is 5.88 Å². The van der Waals surface area contributed by atoms with Gasteiger partial charge in [0.25, 0.3) is 0 Å². The van der Waals surface area contributed by atoms with Gasteiger partial charge in [-0.1, -0.05) is 0 Å². The van der Waals surface area contributed by atoms with Gasteiger partial charge in [-0.05, 0) is 19.3 Å². The zero-order chi connectivity index (χ0) is 8.84. The molecule has 2 aromatic heterocycles. The van der Waals surface area contributed by atoms with Crippen LogP contribution in [0.4, 0.5) is 0 Å². The molecule has 0 spiro atoms. The first-order valence-corrected chi connectivity index (χ1v) is 4.41. The average molecular weight is 175 g/mol. The normalized spacial score (nSPS) is 15.1. The van der Waals surface area contributed by atoms with E-state index in [9.17, 15) is 5.11 Å². The van der Waals surface area contributed by atoms with Gasteiger partial charge in [0.05, 0.1) is 11.9 Å². The highest BCUT2D eigenvalue weighted by Crippen LogP contribution is 2.28. The Bertz CT molecular complexity index is 475. The fourth-order valence-electron chi connectivity index (χ4n) is 1.90. The van der Waals surface area contributed by atoms with Gasteiger partial charge in [0.15, 0.2) is 5.65 Å². The number of rotatable bonds is 0. The van der Waals surface area contributed by atoms with Crippen molar-refractivity contribution in [3.63, 3.8) is 0 Å². The van der Waals surface area contributed by atoms with Crippen LogP contribution in [-0.4, -0.2) is 19.7 Å². The van der Waals surface area contributed by atoms with Crippen LogP contribution in [0, 0.1) is 0 Å². The van der Waals surface area contributed by atoms with Crippen LogP contribution in [0.5, 0.6) is 5.88 Å². The van der Waals surface area contributed by atoms with Crippen LogP contribution >= 0.6 is 0 Å². The minimum Gasteiger partial charge on any atom is -0.493 e. The molecule has 0 saturated heterocycles. The van der Waals surface area contributed by atoms with E-state index in [0.29, 0.717) is 0 Å². The zero-order valence-corrected chi connectivity index (χ0v) is 7.06. The summed E-state index contributed by atoms with van der Waals surface area (Å²) < 4.78 is 1.49. The number of nitrogens with zero attached hydrogens (tertiary/aromatic N) is 3. The van der Waals surface area contributed by atoms with E-state index >= 15 is 0 Å². The molecule has 2 aromatic rings. The van der Waals surface area contributed by atoms with Crippen LogP contribution in [0.1, 0.15) is 17.7 Å². The van der Waals surface area contributed by atoms with Crippen molar-refractivity contribution in [2.45, 2.75) is 19.3 Å². The first kappa shape index (κ1) is 6.88. The third kappa shape index (κ3) is 0.798. The van der Waals surface area contributed by atoms with E-state index in [0.717, 1.165) is 36.2 Å². The summed E-state index contributed by atoms with van der Waals surface area (Å²) in [6.45, 7) is 0. The molecule has 1 aliphatic rings. The predicted octanol–water partition coefficient (Wildman–Crippen LogP) is 0.924. The first-order valence-electron chi connectivity index (χ1n) is 4.41. The van der Waals surface area contributed by atoms with Gasteiger partial charge >= 0.3 is 0 Å². The topological polar surface area (TPSA) is 50.4 Å². The van der Waals surface area contributed by atoms with Crippen LogP contribution in [0.25, 0.3) is 5.65 Å². The summed E-state index contributed by atoms with van der Waals surface area (Å²) in [5.74, 6) is 0.266. The number of aromatic hydroxyl groups is 1. The molecule has 4 heteroatoms. The largest absolute Gasteiger partial charge is 0.493 e. The molecule has 0 aromatic carbocycles. The Labute approximate surface area is 74.8 Å². The average Bonchev–Trinajstić information content (AvgIpc) is 2.71. The van der Waals surface area contributed by atoms with Gasteiger partial charge < -0.3 is 5.11 Å². The molecule has 66 valence electrons. The Balaban J connectivity index is 2.45. The van der Waals surface area contributed by atoms with Crippen molar-refractivity contribution >= 4 is 5.65 Å². The fraction of sp³-hybridized carbons (Fsp3) is 0.333. The summed E-state index contributed by atoms with van der Waals surface area (Å²) >= 11 is 0. The van der Waals surface area contributed by atoms with Gasteiger partial charge in [0.1, 0.15) is 0 Å². The Kier molecular flexibility index (Phi) is 1.17. The minimum atomic E-state index is 0.266. The Morgan fingerprint density at radius 3 is 3.23 bits per heavy atom. The van der Waals surface area contributed by atoms with Crippen molar-refractivity contribution in [1.29, 1.82) is 0 Å². The minimum absolute atomic E-state index is 0.266. The van der Waals surface area contributed by atoms with E-state index in [1.165, 1.54) is 4.52 Å². The van der Waals surface area contributed by atoms with Crippen LogP contribution in [0.3, 0.4) is 0 Å². The summed E-state index contributed by atoms with van der Waals surface area (Å²) in [4.78, 5) is 4.42. The molecule has 0 radical (unpaired) electrons. The maximum atomic E-state index is 9.82. The molecule has 2 heterocycles. The van der Waals surface area contributed by atoms with E-state index < -0.39 is 0 Å². The van der Waals surface area contributed by atoms with Gasteiger partial charge in [-0.3, -0.25) is 0 Å². The predicted molar refractivity (Wildman–Crippen MR) is 46.7 cm³/mol. The third-order valence-electron chi connectivity index (χ3n) is 2.53. The van der Waals surface area contributed by atoms with E-state index in [1.807, 2.05) is 0 Å². The number of hydrogen-bond donors (Lipinski definition) is 1. The summed E-state index contributed by atoms with van der Waals surface area (Å²) in [7, 11) is 0. The molecule has 0 bridgehead atoms. The van der Waals surface area contributed by atoms with Crippen LogP contribution in [0.2, 0.25) is 0 Å². The van der Waals surface area contributed by atoms with Crippen molar-refractivity contribution in [3.8, 4) is 5.88 Å². The third-order valence-corrected chi connectivity index (χ3v) is 2.53. The van der Waals surface area contributed by atoms with Crippen molar-refractivity contribution in [2.24, 2.45) is 0 Å². The number of aryl methyl sites for hydroxylation is 1. The van der Waals surface area contributed by atoms with Crippen molar-refractivity contribution < 1.29 is 5.11 Å². The summed E-state index contributed by atoms with van der Waals surface area (Å²) in [5.41, 5.74) is 2.74. The molecule has 1 N–H and O–H groups in total. The highest BCUT2D eigenvalue weighted by Gasteiger charge is 2.19. The molecule has 3 rings (SSSR count). The maximum Gasteiger partial charge on any atom is 0.219 e. The molecular formula is C9H9N3O. The Hall–Kier alpha value is -1.58. The molecule has 0 saturated carbocycles. The maximum absolute atomic E-state index is 9.82. The van der Waals surface area contributed by atoms with E-state index in [2.05, 4.69) is 10.1 Å². The van der Waals surface area contributed by atoms with Gasteiger partial charge in [-0.15, -0.1) is 0 Å². The highest BCUT2D eigenvalue weighted by atomic mass is 16.3. The van der Waals surface area contributed by atoms with Gasteiger partial charge in [0.2, 0.25) is 5.88 Å².